The van der Waals surface area contributed by atoms with Crippen LogP contribution in [0.3, 0.4) is 0 Å². The predicted molar refractivity (Wildman–Crippen MR) is 70.2 cm³/mol. The summed E-state index contributed by atoms with van der Waals surface area (Å²) in [6.07, 6.45) is 0. The molecule has 88 valence electrons. The van der Waals surface area contributed by atoms with E-state index in [4.69, 9.17) is 9.84 Å². The van der Waals surface area contributed by atoms with E-state index < -0.39 is 0 Å². The molecular weight excluding hydrogens is 212 g/mol. The average molecular weight is 228 g/mol. The van der Waals surface area contributed by atoms with Crippen LogP contribution in [0.15, 0.2) is 48.6 Å². The van der Waals surface area contributed by atoms with E-state index in [1.807, 2.05) is 43.3 Å². The Labute approximate surface area is 101 Å². The number of hydrogen-bond donors (Lipinski definition) is 1. The first-order chi connectivity index (χ1) is 8.19. The van der Waals surface area contributed by atoms with Crippen LogP contribution in [0.5, 0.6) is 5.75 Å². The summed E-state index contributed by atoms with van der Waals surface area (Å²) >= 11 is 0. The van der Waals surface area contributed by atoms with Crippen molar-refractivity contribution in [2.75, 3.05) is 6.61 Å². The molecule has 0 saturated carbocycles. The lowest BCUT2D eigenvalue weighted by molar-refractivity contribution is 0.282. The van der Waals surface area contributed by atoms with Crippen LogP contribution in [0.1, 0.15) is 12.5 Å². The van der Waals surface area contributed by atoms with Gasteiger partial charge in [-0.3, -0.25) is 0 Å². The zero-order valence-electron chi connectivity index (χ0n) is 9.94. The van der Waals surface area contributed by atoms with Crippen molar-refractivity contribution in [3.63, 3.8) is 0 Å². The van der Waals surface area contributed by atoms with Gasteiger partial charge in [0.05, 0.1) is 6.61 Å². The van der Waals surface area contributed by atoms with Crippen molar-refractivity contribution in [3.8, 4) is 5.75 Å². The molecule has 2 nitrogen and oxygen atoms in total. The van der Waals surface area contributed by atoms with Crippen LogP contribution in [0.4, 0.5) is 0 Å². The van der Waals surface area contributed by atoms with Gasteiger partial charge in [-0.25, -0.2) is 0 Å². The fourth-order valence-corrected chi connectivity index (χ4v) is 1.67. The fourth-order valence-electron chi connectivity index (χ4n) is 1.67. The molecule has 0 aromatic heterocycles. The Kier molecular flexibility index (Phi) is 3.45. The molecule has 0 bridgehead atoms. The molecule has 0 spiro atoms. The predicted octanol–water partition coefficient (Wildman–Crippen LogP) is 3.29. The van der Waals surface area contributed by atoms with Crippen molar-refractivity contribution in [1.82, 2.24) is 0 Å². The van der Waals surface area contributed by atoms with E-state index in [-0.39, 0.29) is 6.61 Å². The molecule has 2 heteroatoms. The standard InChI is InChI=1S/C15H16O2/c1-11(2)10-17-15-6-5-13-7-12(9-16)3-4-14(13)8-15/h3-8,16H,1,9-10H2,2H3. The summed E-state index contributed by atoms with van der Waals surface area (Å²) in [6, 6.07) is 11.8. The largest absolute Gasteiger partial charge is 0.489 e. The highest BCUT2D eigenvalue weighted by Crippen LogP contribution is 2.22. The molecular formula is C15H16O2. The van der Waals surface area contributed by atoms with Crippen LogP contribution in [-0.2, 0) is 6.61 Å². The van der Waals surface area contributed by atoms with E-state index in [1.54, 1.807) is 0 Å². The molecule has 0 fully saturated rings. The van der Waals surface area contributed by atoms with E-state index in [0.29, 0.717) is 6.61 Å². The minimum absolute atomic E-state index is 0.0733. The summed E-state index contributed by atoms with van der Waals surface area (Å²) < 4.78 is 5.58. The molecule has 1 N–H and O–H groups in total. The maximum Gasteiger partial charge on any atom is 0.120 e. The average Bonchev–Trinajstić information content (AvgIpc) is 2.35. The highest BCUT2D eigenvalue weighted by molar-refractivity contribution is 5.84. The lowest BCUT2D eigenvalue weighted by Crippen LogP contribution is -1.97. The number of aliphatic hydroxyl groups excluding tert-OH is 1. The minimum Gasteiger partial charge on any atom is -0.489 e. The van der Waals surface area contributed by atoms with Crippen LogP contribution < -0.4 is 4.74 Å². The third-order valence-electron chi connectivity index (χ3n) is 2.54. The van der Waals surface area contributed by atoms with Crippen LogP contribution in [0.25, 0.3) is 10.8 Å². The molecule has 2 aromatic rings. The van der Waals surface area contributed by atoms with Crippen LogP contribution in [-0.4, -0.2) is 11.7 Å². The Hall–Kier alpha value is -1.80. The summed E-state index contributed by atoms with van der Waals surface area (Å²) in [5.41, 5.74) is 1.92. The highest BCUT2D eigenvalue weighted by Gasteiger charge is 1.99. The van der Waals surface area contributed by atoms with E-state index in [0.717, 1.165) is 27.7 Å². The van der Waals surface area contributed by atoms with Gasteiger partial charge in [-0.15, -0.1) is 0 Å². The Morgan fingerprint density at radius 3 is 2.59 bits per heavy atom. The third kappa shape index (κ3) is 2.86. The topological polar surface area (TPSA) is 29.5 Å². The van der Waals surface area contributed by atoms with Gasteiger partial charge in [0.25, 0.3) is 0 Å². The molecule has 0 unspecified atom stereocenters. The second kappa shape index (κ2) is 5.02. The zero-order valence-corrected chi connectivity index (χ0v) is 9.94. The van der Waals surface area contributed by atoms with E-state index >= 15 is 0 Å². The number of hydrogen-bond acceptors (Lipinski definition) is 2. The molecule has 0 heterocycles. The van der Waals surface area contributed by atoms with Gasteiger partial charge >= 0.3 is 0 Å². The quantitative estimate of drug-likeness (QED) is 0.814. The second-order valence-corrected chi connectivity index (χ2v) is 4.25. The van der Waals surface area contributed by atoms with E-state index in [2.05, 4.69) is 6.58 Å². The fraction of sp³-hybridized carbons (Fsp3) is 0.200. The SMILES string of the molecule is C=C(C)COc1ccc2cc(CO)ccc2c1. The molecule has 17 heavy (non-hydrogen) atoms. The first kappa shape index (κ1) is 11.7. The van der Waals surface area contributed by atoms with E-state index in [9.17, 15) is 0 Å². The van der Waals surface area contributed by atoms with E-state index in [1.165, 1.54) is 0 Å². The van der Waals surface area contributed by atoms with Gasteiger partial charge in [0, 0.05) is 0 Å². The summed E-state index contributed by atoms with van der Waals surface area (Å²) in [6.45, 7) is 6.36. The maximum atomic E-state index is 9.06. The maximum absolute atomic E-state index is 9.06. The zero-order chi connectivity index (χ0) is 12.3. The molecule has 2 aromatic carbocycles. The van der Waals surface area contributed by atoms with Crippen molar-refractivity contribution in [2.45, 2.75) is 13.5 Å². The Morgan fingerprint density at radius 1 is 1.18 bits per heavy atom. The van der Waals surface area contributed by atoms with Crippen molar-refractivity contribution in [3.05, 3.63) is 54.1 Å². The van der Waals surface area contributed by atoms with Gasteiger partial charge < -0.3 is 9.84 Å². The smallest absolute Gasteiger partial charge is 0.120 e. The van der Waals surface area contributed by atoms with Crippen molar-refractivity contribution < 1.29 is 9.84 Å². The molecule has 0 amide bonds. The Morgan fingerprint density at radius 2 is 1.88 bits per heavy atom. The first-order valence-electron chi connectivity index (χ1n) is 5.60. The first-order valence-corrected chi connectivity index (χ1v) is 5.60. The third-order valence-corrected chi connectivity index (χ3v) is 2.54. The molecule has 0 atom stereocenters. The highest BCUT2D eigenvalue weighted by atomic mass is 16.5. The summed E-state index contributed by atoms with van der Waals surface area (Å²) in [7, 11) is 0. The number of benzene rings is 2. The van der Waals surface area contributed by atoms with Gasteiger partial charge in [0.2, 0.25) is 0 Å². The summed E-state index contributed by atoms with van der Waals surface area (Å²) in [5, 5.41) is 11.3. The molecule has 2 rings (SSSR count). The van der Waals surface area contributed by atoms with Crippen LogP contribution in [0.2, 0.25) is 0 Å². The van der Waals surface area contributed by atoms with Gasteiger partial charge in [0.1, 0.15) is 12.4 Å². The molecule has 0 radical (unpaired) electrons. The summed E-state index contributed by atoms with van der Waals surface area (Å²) in [5.74, 6) is 0.845. The van der Waals surface area contributed by atoms with Crippen LogP contribution >= 0.6 is 0 Å². The lowest BCUT2D eigenvalue weighted by Gasteiger charge is -2.07. The van der Waals surface area contributed by atoms with Gasteiger partial charge in [-0.05, 0) is 47.0 Å². The number of rotatable bonds is 4. The molecule has 0 aliphatic carbocycles. The number of fused-ring (bicyclic) bond motifs is 1. The molecule has 0 saturated heterocycles. The van der Waals surface area contributed by atoms with Crippen molar-refractivity contribution in [1.29, 1.82) is 0 Å². The lowest BCUT2D eigenvalue weighted by atomic mass is 10.1. The van der Waals surface area contributed by atoms with Crippen molar-refractivity contribution >= 4 is 10.8 Å². The number of aliphatic hydroxyl groups is 1. The van der Waals surface area contributed by atoms with Gasteiger partial charge in [-0.2, -0.15) is 0 Å². The van der Waals surface area contributed by atoms with Gasteiger partial charge in [0.15, 0.2) is 0 Å². The monoisotopic (exact) mass is 228 g/mol. The summed E-state index contributed by atoms with van der Waals surface area (Å²) in [4.78, 5) is 0. The number of ether oxygens (including phenoxy) is 1. The second-order valence-electron chi connectivity index (χ2n) is 4.25. The minimum atomic E-state index is 0.0733. The van der Waals surface area contributed by atoms with Crippen molar-refractivity contribution in [2.24, 2.45) is 0 Å². The normalized spacial score (nSPS) is 10.5. The Balaban J connectivity index is 2.28. The Bertz CT molecular complexity index is 544. The molecule has 0 aliphatic rings. The van der Waals surface area contributed by atoms with Gasteiger partial charge in [-0.1, -0.05) is 24.8 Å². The molecule has 0 aliphatic heterocycles. The van der Waals surface area contributed by atoms with Crippen LogP contribution in [0, 0.1) is 0 Å².